The fourth-order valence-corrected chi connectivity index (χ4v) is 6.04. The average molecular weight is 418 g/mol. The van der Waals surface area contributed by atoms with Crippen molar-refractivity contribution in [1.29, 1.82) is 0 Å². The summed E-state index contributed by atoms with van der Waals surface area (Å²) < 4.78 is 0. The molecule has 3 fully saturated rings. The summed E-state index contributed by atoms with van der Waals surface area (Å²) in [7, 11) is 3.57. The van der Waals surface area contributed by atoms with Gasteiger partial charge in [-0.1, -0.05) is 12.5 Å². The lowest BCUT2D eigenvalue weighted by atomic mass is 9.95. The summed E-state index contributed by atoms with van der Waals surface area (Å²) in [5.41, 5.74) is 0. The van der Waals surface area contributed by atoms with E-state index in [0.717, 1.165) is 37.4 Å². The number of hydrogen-bond donors (Lipinski definition) is 2. The zero-order valence-corrected chi connectivity index (χ0v) is 18.6. The van der Waals surface area contributed by atoms with Crippen LogP contribution in [0.4, 0.5) is 0 Å². The molecule has 4 unspecified atom stereocenters. The third kappa shape index (κ3) is 5.12. The quantitative estimate of drug-likeness (QED) is 0.529. The zero-order chi connectivity index (χ0) is 20.2. The van der Waals surface area contributed by atoms with Crippen molar-refractivity contribution in [2.24, 2.45) is 16.8 Å². The molecule has 1 amide bonds. The van der Waals surface area contributed by atoms with E-state index < -0.39 is 0 Å². The van der Waals surface area contributed by atoms with Gasteiger partial charge in [-0.15, -0.1) is 11.3 Å². The van der Waals surface area contributed by atoms with E-state index in [-0.39, 0.29) is 12.5 Å². The number of nitrogens with zero attached hydrogens (tertiary/aromatic N) is 3. The van der Waals surface area contributed by atoms with Crippen molar-refractivity contribution >= 4 is 23.2 Å². The van der Waals surface area contributed by atoms with Crippen molar-refractivity contribution in [3.63, 3.8) is 0 Å². The predicted octanol–water partition coefficient (Wildman–Crippen LogP) is 2.70. The van der Waals surface area contributed by atoms with Gasteiger partial charge in [-0.2, -0.15) is 0 Å². The largest absolute Gasteiger partial charge is 0.354 e. The summed E-state index contributed by atoms with van der Waals surface area (Å²) in [5.74, 6) is 2.49. The minimum Gasteiger partial charge on any atom is -0.354 e. The Kier molecular flexibility index (Phi) is 6.75. The second-order valence-corrected chi connectivity index (χ2v) is 10.0. The van der Waals surface area contributed by atoms with Crippen LogP contribution in [0.15, 0.2) is 22.5 Å². The number of thiophene rings is 1. The number of nitrogens with one attached hydrogen (secondary N) is 2. The molecule has 2 heterocycles. The standard InChI is InChI=1S/C22H35N5OS/c1-26(2)21(28)15-24-22(25-18-13-16-7-8-17(18)12-16)23-14-19(20-6-5-11-29-20)27-9-3-4-10-27/h5-6,11,16-19H,3-4,7-10,12-15H2,1-2H3,(H2,23,24,25). The van der Waals surface area contributed by atoms with E-state index in [1.165, 1.54) is 43.4 Å². The highest BCUT2D eigenvalue weighted by atomic mass is 32.1. The maximum absolute atomic E-state index is 12.1. The third-order valence-electron chi connectivity index (χ3n) is 6.85. The van der Waals surface area contributed by atoms with E-state index in [4.69, 9.17) is 0 Å². The average Bonchev–Trinajstić information content (AvgIpc) is 3.51. The number of guanidine groups is 1. The van der Waals surface area contributed by atoms with Crippen LogP contribution in [0.3, 0.4) is 0 Å². The lowest BCUT2D eigenvalue weighted by Crippen LogP contribution is -2.48. The zero-order valence-electron chi connectivity index (χ0n) is 17.8. The Balaban J connectivity index is 1.43. The highest BCUT2D eigenvalue weighted by Gasteiger charge is 2.40. The highest BCUT2D eigenvalue weighted by molar-refractivity contribution is 7.10. The van der Waals surface area contributed by atoms with Crippen LogP contribution >= 0.6 is 11.3 Å². The Morgan fingerprint density at radius 3 is 2.76 bits per heavy atom. The molecule has 29 heavy (non-hydrogen) atoms. The smallest absolute Gasteiger partial charge is 0.243 e. The van der Waals surface area contributed by atoms with E-state index in [2.05, 4.69) is 38.0 Å². The van der Waals surface area contributed by atoms with Gasteiger partial charge < -0.3 is 15.5 Å². The monoisotopic (exact) mass is 417 g/mol. The molecule has 3 aliphatic rings. The number of carbonyl (C=O) groups excluding carboxylic acids is 1. The highest BCUT2D eigenvalue weighted by Crippen LogP contribution is 2.44. The first-order valence-corrected chi connectivity index (χ1v) is 12.0. The molecule has 6 nitrogen and oxygen atoms in total. The fraction of sp³-hybridized carbons (Fsp3) is 0.727. The number of fused-ring (bicyclic) bond motifs is 2. The van der Waals surface area contributed by atoms with Crippen molar-refractivity contribution in [1.82, 2.24) is 20.4 Å². The van der Waals surface area contributed by atoms with E-state index in [0.29, 0.717) is 12.1 Å². The minimum absolute atomic E-state index is 0.0355. The van der Waals surface area contributed by atoms with Gasteiger partial charge in [0.25, 0.3) is 0 Å². The molecule has 2 saturated carbocycles. The first-order chi connectivity index (χ1) is 14.1. The molecule has 4 rings (SSSR count). The summed E-state index contributed by atoms with van der Waals surface area (Å²) in [4.78, 5) is 22.4. The number of rotatable bonds is 7. The fourth-order valence-electron chi connectivity index (χ4n) is 5.17. The van der Waals surface area contributed by atoms with Gasteiger partial charge in [0, 0.05) is 31.6 Å². The van der Waals surface area contributed by atoms with E-state index >= 15 is 0 Å². The van der Waals surface area contributed by atoms with Gasteiger partial charge in [-0.3, -0.25) is 9.69 Å². The van der Waals surface area contributed by atoms with Crippen LogP contribution < -0.4 is 10.6 Å². The molecule has 0 aromatic carbocycles. The van der Waals surface area contributed by atoms with Crippen LogP contribution in [0.1, 0.15) is 49.4 Å². The SMILES string of the molecule is CN(C)C(=O)CN=C(NCC(c1cccs1)N1CCCC1)NC1CC2CCC1C2. The molecule has 2 bridgehead atoms. The van der Waals surface area contributed by atoms with Crippen molar-refractivity contribution in [2.75, 3.05) is 40.3 Å². The lowest BCUT2D eigenvalue weighted by molar-refractivity contribution is -0.127. The van der Waals surface area contributed by atoms with Crippen LogP contribution in [0.5, 0.6) is 0 Å². The Hall–Kier alpha value is -1.60. The van der Waals surface area contributed by atoms with Crippen LogP contribution in [0.2, 0.25) is 0 Å². The number of hydrogen-bond acceptors (Lipinski definition) is 4. The molecule has 7 heteroatoms. The normalized spacial score (nSPS) is 27.9. The maximum Gasteiger partial charge on any atom is 0.243 e. The summed E-state index contributed by atoms with van der Waals surface area (Å²) >= 11 is 1.83. The molecule has 0 radical (unpaired) electrons. The summed E-state index contributed by atoms with van der Waals surface area (Å²) in [6, 6.07) is 5.25. The number of carbonyl (C=O) groups is 1. The third-order valence-corrected chi connectivity index (χ3v) is 7.82. The number of amides is 1. The summed E-state index contributed by atoms with van der Waals surface area (Å²) in [6.45, 7) is 3.34. The Labute approximate surface area is 178 Å². The lowest BCUT2D eigenvalue weighted by Gasteiger charge is -2.29. The summed E-state index contributed by atoms with van der Waals surface area (Å²) in [5, 5.41) is 9.45. The van der Waals surface area contributed by atoms with Gasteiger partial charge in [0.05, 0.1) is 6.04 Å². The molecule has 2 aliphatic carbocycles. The van der Waals surface area contributed by atoms with Gasteiger partial charge in [-0.25, -0.2) is 4.99 Å². The second kappa shape index (κ2) is 9.47. The predicted molar refractivity (Wildman–Crippen MR) is 119 cm³/mol. The maximum atomic E-state index is 12.1. The van der Waals surface area contributed by atoms with E-state index in [1.807, 2.05) is 11.3 Å². The van der Waals surface area contributed by atoms with Gasteiger partial charge in [0.15, 0.2) is 5.96 Å². The van der Waals surface area contributed by atoms with Gasteiger partial charge in [0.1, 0.15) is 6.54 Å². The minimum atomic E-state index is 0.0355. The summed E-state index contributed by atoms with van der Waals surface area (Å²) in [6.07, 6.45) is 7.88. The molecule has 160 valence electrons. The van der Waals surface area contributed by atoms with Crippen molar-refractivity contribution in [2.45, 2.75) is 50.6 Å². The number of aliphatic imine (C=N–C) groups is 1. The molecular weight excluding hydrogens is 382 g/mol. The van der Waals surface area contributed by atoms with E-state index in [1.54, 1.807) is 19.0 Å². The molecule has 2 N–H and O–H groups in total. The first-order valence-electron chi connectivity index (χ1n) is 11.1. The Morgan fingerprint density at radius 2 is 2.14 bits per heavy atom. The molecule has 4 atom stereocenters. The van der Waals surface area contributed by atoms with Crippen molar-refractivity contribution in [3.8, 4) is 0 Å². The number of likely N-dealkylation sites (tertiary alicyclic amines) is 1. The van der Waals surface area contributed by atoms with Gasteiger partial charge in [-0.05, 0) is 68.5 Å². The van der Waals surface area contributed by atoms with Crippen LogP contribution in [0, 0.1) is 11.8 Å². The molecule has 1 aromatic heterocycles. The topological polar surface area (TPSA) is 60.0 Å². The Morgan fingerprint density at radius 1 is 1.31 bits per heavy atom. The second-order valence-electron chi connectivity index (χ2n) is 9.03. The van der Waals surface area contributed by atoms with Crippen LogP contribution in [0.25, 0.3) is 0 Å². The molecule has 1 saturated heterocycles. The molecule has 1 aromatic rings. The molecular formula is C22H35N5OS. The van der Waals surface area contributed by atoms with Crippen LogP contribution in [-0.4, -0.2) is 68.0 Å². The number of likely N-dealkylation sites (N-methyl/N-ethyl adjacent to an activating group) is 1. The Bertz CT molecular complexity index is 698. The van der Waals surface area contributed by atoms with E-state index in [9.17, 15) is 4.79 Å². The molecule has 0 spiro atoms. The van der Waals surface area contributed by atoms with Crippen molar-refractivity contribution < 1.29 is 4.79 Å². The first kappa shape index (κ1) is 20.7. The van der Waals surface area contributed by atoms with Crippen LogP contribution in [-0.2, 0) is 4.79 Å². The van der Waals surface area contributed by atoms with Gasteiger partial charge >= 0.3 is 0 Å². The van der Waals surface area contributed by atoms with Gasteiger partial charge in [0.2, 0.25) is 5.91 Å². The molecule has 1 aliphatic heterocycles. The van der Waals surface area contributed by atoms with Crippen molar-refractivity contribution in [3.05, 3.63) is 22.4 Å².